The minimum absolute atomic E-state index is 0.323. The van der Waals surface area contributed by atoms with Gasteiger partial charge in [0.15, 0.2) is 0 Å². The van der Waals surface area contributed by atoms with E-state index in [4.69, 9.17) is 27.9 Å². The van der Waals surface area contributed by atoms with Gasteiger partial charge in [-0.15, -0.1) is 16.9 Å². The molecule has 0 saturated heterocycles. The van der Waals surface area contributed by atoms with Crippen LogP contribution in [0.2, 0.25) is 10.0 Å². The van der Waals surface area contributed by atoms with Gasteiger partial charge in [-0.25, -0.2) is 4.98 Å². The molecule has 5 aromatic rings. The van der Waals surface area contributed by atoms with Gasteiger partial charge in [-0.3, -0.25) is 4.98 Å². The highest BCUT2D eigenvalue weighted by atomic mass is 35.5. The Kier molecular flexibility index (Phi) is 6.42. The number of pyridine rings is 1. The molecule has 0 aliphatic heterocycles. The predicted molar refractivity (Wildman–Crippen MR) is 137 cm³/mol. The Balaban J connectivity index is 1.50. The van der Waals surface area contributed by atoms with E-state index in [2.05, 4.69) is 31.4 Å². The highest BCUT2D eigenvalue weighted by Gasteiger charge is 2.20. The molecule has 0 fully saturated rings. The van der Waals surface area contributed by atoms with Gasteiger partial charge < -0.3 is 10.1 Å². The normalized spacial score (nSPS) is 10.8. The van der Waals surface area contributed by atoms with Crippen LogP contribution in [0.1, 0.15) is 5.56 Å². The molecule has 11 heteroatoms. The first-order valence-corrected chi connectivity index (χ1v) is 12.2. The first-order chi connectivity index (χ1) is 17.1. The quantitative estimate of drug-likeness (QED) is 0.197. The molecule has 5 rings (SSSR count). The Labute approximate surface area is 214 Å². The molecule has 172 valence electrons. The van der Waals surface area contributed by atoms with E-state index < -0.39 is 0 Å². The second-order valence-corrected chi connectivity index (χ2v) is 8.78. The fourth-order valence-corrected chi connectivity index (χ4v) is 4.19. The van der Waals surface area contributed by atoms with Crippen LogP contribution in [-0.2, 0) is 0 Å². The number of rotatable bonds is 6. The van der Waals surface area contributed by atoms with Crippen LogP contribution >= 0.6 is 35.0 Å². The van der Waals surface area contributed by atoms with E-state index >= 15 is 0 Å². The van der Waals surface area contributed by atoms with Crippen molar-refractivity contribution in [3.8, 4) is 28.8 Å². The van der Waals surface area contributed by atoms with Gasteiger partial charge in [0.2, 0.25) is 5.95 Å². The molecule has 3 aromatic heterocycles. The van der Waals surface area contributed by atoms with E-state index in [0.717, 1.165) is 5.69 Å². The highest BCUT2D eigenvalue weighted by molar-refractivity contribution is 7.98. The third-order valence-corrected chi connectivity index (χ3v) is 6.37. The first kappa shape index (κ1) is 22.9. The zero-order chi connectivity index (χ0) is 24.4. The minimum Gasteiger partial charge on any atom is -0.457 e. The van der Waals surface area contributed by atoms with Crippen molar-refractivity contribution in [1.29, 1.82) is 5.26 Å². The average Bonchev–Trinajstić information content (AvgIpc) is 3.28. The molecule has 35 heavy (non-hydrogen) atoms. The van der Waals surface area contributed by atoms with Gasteiger partial charge >= 0.3 is 0 Å². The molecule has 0 bridgehead atoms. The van der Waals surface area contributed by atoms with Gasteiger partial charge in [-0.1, -0.05) is 29.3 Å². The molecule has 8 nitrogen and oxygen atoms in total. The standard InChI is InChI=1S/C24H15Cl2N7OS/c1-35-22-18(13-27)21(14-2-7-19(25)20(26)12-14)33-24(30-22)31-23(32-33)29-15-3-5-16(6-4-15)34-17-8-10-28-11-9-17/h2-12H,1H3,(H,29,32). The molecule has 1 N–H and O–H groups in total. The third-order valence-electron chi connectivity index (χ3n) is 4.95. The lowest BCUT2D eigenvalue weighted by molar-refractivity contribution is 0.482. The van der Waals surface area contributed by atoms with Gasteiger partial charge in [-0.2, -0.15) is 14.8 Å². The number of nitriles is 1. The summed E-state index contributed by atoms with van der Waals surface area (Å²) in [6, 6.07) is 18.3. The lowest BCUT2D eigenvalue weighted by Gasteiger charge is -2.10. The van der Waals surface area contributed by atoms with Gasteiger partial charge in [-0.05, 0) is 54.8 Å². The number of nitrogens with one attached hydrogen (secondary N) is 1. The molecule has 0 aliphatic rings. The van der Waals surface area contributed by atoms with Crippen molar-refractivity contribution in [2.75, 3.05) is 11.6 Å². The molecule has 0 atom stereocenters. The predicted octanol–water partition coefficient (Wildman–Crippen LogP) is 6.62. The lowest BCUT2D eigenvalue weighted by atomic mass is 10.1. The molecular formula is C24H15Cl2N7OS. The van der Waals surface area contributed by atoms with E-state index in [1.807, 2.05) is 30.5 Å². The molecular weight excluding hydrogens is 505 g/mol. The monoisotopic (exact) mass is 519 g/mol. The smallest absolute Gasteiger partial charge is 0.255 e. The van der Waals surface area contributed by atoms with Crippen molar-refractivity contribution < 1.29 is 4.74 Å². The molecule has 0 aliphatic carbocycles. The number of anilines is 2. The number of nitrogens with zero attached hydrogens (tertiary/aromatic N) is 6. The maximum Gasteiger partial charge on any atom is 0.255 e. The molecule has 0 spiro atoms. The van der Waals surface area contributed by atoms with Crippen LogP contribution in [0, 0.1) is 11.3 Å². The molecule has 0 saturated carbocycles. The second kappa shape index (κ2) is 9.80. The molecule has 0 unspecified atom stereocenters. The topological polar surface area (TPSA) is 101 Å². The average molecular weight is 520 g/mol. The Morgan fingerprint density at radius 2 is 1.71 bits per heavy atom. The number of fused-ring (bicyclic) bond motifs is 1. The zero-order valence-electron chi connectivity index (χ0n) is 18.1. The third kappa shape index (κ3) is 4.72. The summed E-state index contributed by atoms with van der Waals surface area (Å²) in [5.41, 5.74) is 2.33. The van der Waals surface area contributed by atoms with Crippen LogP contribution in [-0.4, -0.2) is 30.8 Å². The summed E-state index contributed by atoms with van der Waals surface area (Å²) in [4.78, 5) is 13.0. The SMILES string of the molecule is CSc1nc2nc(Nc3ccc(Oc4ccncc4)cc3)nn2c(-c2ccc(Cl)c(Cl)c2)c1C#N. The van der Waals surface area contributed by atoms with E-state index in [-0.39, 0.29) is 0 Å². The maximum absolute atomic E-state index is 9.89. The maximum atomic E-state index is 9.89. The van der Waals surface area contributed by atoms with E-state index in [1.54, 1.807) is 42.7 Å². The Morgan fingerprint density at radius 1 is 0.971 bits per heavy atom. The number of aromatic nitrogens is 5. The van der Waals surface area contributed by atoms with Crippen LogP contribution in [0.5, 0.6) is 11.5 Å². The van der Waals surface area contributed by atoms with Crippen molar-refractivity contribution in [3.63, 3.8) is 0 Å². The van der Waals surface area contributed by atoms with Crippen LogP contribution in [0.3, 0.4) is 0 Å². The first-order valence-electron chi connectivity index (χ1n) is 10.2. The van der Waals surface area contributed by atoms with Crippen LogP contribution in [0.15, 0.2) is 72.0 Å². The van der Waals surface area contributed by atoms with E-state index in [9.17, 15) is 5.26 Å². The van der Waals surface area contributed by atoms with Gasteiger partial charge in [0.1, 0.15) is 28.2 Å². The molecule has 0 radical (unpaired) electrons. The lowest BCUT2D eigenvalue weighted by Crippen LogP contribution is -2.03. The zero-order valence-corrected chi connectivity index (χ0v) is 20.4. The molecule has 3 heterocycles. The van der Waals surface area contributed by atoms with E-state index in [0.29, 0.717) is 55.1 Å². The summed E-state index contributed by atoms with van der Waals surface area (Å²) in [5, 5.41) is 19.0. The van der Waals surface area contributed by atoms with Gasteiger partial charge in [0, 0.05) is 23.6 Å². The summed E-state index contributed by atoms with van der Waals surface area (Å²) < 4.78 is 7.33. The van der Waals surface area contributed by atoms with Crippen molar-refractivity contribution >= 4 is 52.4 Å². The minimum atomic E-state index is 0.323. The fraction of sp³-hybridized carbons (Fsp3) is 0.0417. The molecule has 2 aromatic carbocycles. The van der Waals surface area contributed by atoms with Crippen molar-refractivity contribution in [3.05, 3.63) is 82.6 Å². The number of ether oxygens (including phenoxy) is 1. The van der Waals surface area contributed by atoms with Gasteiger partial charge in [0.05, 0.1) is 15.7 Å². The molecule has 0 amide bonds. The Morgan fingerprint density at radius 3 is 2.40 bits per heavy atom. The number of halogens is 2. The summed E-state index contributed by atoms with van der Waals surface area (Å²) in [7, 11) is 0. The second-order valence-electron chi connectivity index (χ2n) is 7.17. The van der Waals surface area contributed by atoms with Gasteiger partial charge in [0.25, 0.3) is 5.78 Å². The Hall–Kier alpha value is -3.84. The van der Waals surface area contributed by atoms with Crippen molar-refractivity contribution in [1.82, 2.24) is 24.6 Å². The summed E-state index contributed by atoms with van der Waals surface area (Å²) in [6.07, 6.45) is 5.19. The van der Waals surface area contributed by atoms with Crippen molar-refractivity contribution in [2.45, 2.75) is 5.03 Å². The summed E-state index contributed by atoms with van der Waals surface area (Å²) in [6.45, 7) is 0. The number of benzene rings is 2. The summed E-state index contributed by atoms with van der Waals surface area (Å²) >= 11 is 13.7. The van der Waals surface area contributed by atoms with Crippen LogP contribution in [0.4, 0.5) is 11.6 Å². The van der Waals surface area contributed by atoms with Crippen LogP contribution in [0.25, 0.3) is 17.0 Å². The largest absolute Gasteiger partial charge is 0.457 e. The fourth-order valence-electron chi connectivity index (χ4n) is 3.37. The highest BCUT2D eigenvalue weighted by Crippen LogP contribution is 2.34. The Bertz CT molecular complexity index is 1570. The van der Waals surface area contributed by atoms with Crippen LogP contribution < -0.4 is 10.1 Å². The number of thioether (sulfide) groups is 1. The summed E-state index contributed by atoms with van der Waals surface area (Å²) in [5.74, 6) is 2.04. The van der Waals surface area contributed by atoms with Crippen molar-refractivity contribution in [2.24, 2.45) is 0 Å². The number of hydrogen-bond donors (Lipinski definition) is 1. The number of hydrogen-bond acceptors (Lipinski definition) is 8. The van der Waals surface area contributed by atoms with E-state index in [1.165, 1.54) is 16.3 Å².